The SMILES string of the molecule is Cc1cc(Nc2ncc(C(N)=O)c(NC3CC3)n2)ccc1N(C)CC(N)=O. The first kappa shape index (κ1) is 18.4. The number of aromatic nitrogens is 2. The molecule has 6 N–H and O–H groups in total. The number of likely N-dealkylation sites (N-methyl/N-ethyl adjacent to an activating group) is 1. The van der Waals surface area contributed by atoms with Crippen molar-refractivity contribution in [2.45, 2.75) is 25.8 Å². The minimum absolute atomic E-state index is 0.140. The van der Waals surface area contributed by atoms with E-state index in [1.807, 2.05) is 32.2 Å². The molecular formula is C18H23N7O2. The molecular weight excluding hydrogens is 346 g/mol. The molecule has 0 aliphatic heterocycles. The second kappa shape index (κ2) is 7.48. The monoisotopic (exact) mass is 369 g/mol. The lowest BCUT2D eigenvalue weighted by molar-refractivity contribution is -0.116. The van der Waals surface area contributed by atoms with Crippen LogP contribution in [0, 0.1) is 6.92 Å². The van der Waals surface area contributed by atoms with Crippen LogP contribution in [0.25, 0.3) is 0 Å². The highest BCUT2D eigenvalue weighted by Gasteiger charge is 2.24. The highest BCUT2D eigenvalue weighted by Crippen LogP contribution is 2.27. The van der Waals surface area contributed by atoms with Crippen molar-refractivity contribution < 1.29 is 9.59 Å². The summed E-state index contributed by atoms with van der Waals surface area (Å²) in [5, 5.41) is 6.33. The number of carbonyl (C=O) groups is 2. The van der Waals surface area contributed by atoms with Gasteiger partial charge in [0.25, 0.3) is 5.91 Å². The zero-order valence-electron chi connectivity index (χ0n) is 15.3. The number of hydrogen-bond donors (Lipinski definition) is 4. The molecule has 1 aromatic carbocycles. The van der Waals surface area contributed by atoms with Crippen LogP contribution in [0.5, 0.6) is 0 Å². The molecule has 0 radical (unpaired) electrons. The smallest absolute Gasteiger partial charge is 0.254 e. The van der Waals surface area contributed by atoms with E-state index in [0.29, 0.717) is 17.8 Å². The second-order valence-corrected chi connectivity index (χ2v) is 6.69. The van der Waals surface area contributed by atoms with Gasteiger partial charge >= 0.3 is 0 Å². The molecule has 1 heterocycles. The highest BCUT2D eigenvalue weighted by atomic mass is 16.1. The Labute approximate surface area is 157 Å². The molecule has 1 saturated carbocycles. The van der Waals surface area contributed by atoms with Crippen molar-refractivity contribution in [1.29, 1.82) is 0 Å². The van der Waals surface area contributed by atoms with Crippen molar-refractivity contribution in [3.05, 3.63) is 35.5 Å². The standard InChI is InChI=1S/C18H23N7O2/c1-10-7-12(5-6-14(10)25(2)9-15(19)26)23-18-21-8-13(16(20)27)17(24-18)22-11-3-4-11/h5-8,11H,3-4,9H2,1-2H3,(H2,19,26)(H2,20,27)(H2,21,22,23,24). The first-order valence-electron chi connectivity index (χ1n) is 8.64. The fourth-order valence-corrected chi connectivity index (χ4v) is 2.76. The Hall–Kier alpha value is -3.36. The topological polar surface area (TPSA) is 139 Å². The predicted molar refractivity (Wildman–Crippen MR) is 104 cm³/mol. The van der Waals surface area contributed by atoms with Gasteiger partial charge in [-0.05, 0) is 43.5 Å². The summed E-state index contributed by atoms with van der Waals surface area (Å²) in [5.74, 6) is -0.155. The third kappa shape index (κ3) is 4.63. The molecule has 2 aromatic rings. The van der Waals surface area contributed by atoms with Crippen LogP contribution >= 0.6 is 0 Å². The van der Waals surface area contributed by atoms with Gasteiger partial charge in [0.2, 0.25) is 11.9 Å². The Morgan fingerprint density at radius 1 is 1.30 bits per heavy atom. The van der Waals surface area contributed by atoms with Crippen LogP contribution in [0.2, 0.25) is 0 Å². The summed E-state index contributed by atoms with van der Waals surface area (Å²) in [6.45, 7) is 2.08. The molecule has 9 nitrogen and oxygen atoms in total. The van der Waals surface area contributed by atoms with Gasteiger partial charge in [-0.15, -0.1) is 0 Å². The van der Waals surface area contributed by atoms with Gasteiger partial charge in [-0.3, -0.25) is 9.59 Å². The molecule has 1 fully saturated rings. The van der Waals surface area contributed by atoms with Crippen LogP contribution in [0.15, 0.2) is 24.4 Å². The molecule has 1 aromatic heterocycles. The van der Waals surface area contributed by atoms with Crippen molar-refractivity contribution in [2.24, 2.45) is 11.5 Å². The van der Waals surface area contributed by atoms with Crippen molar-refractivity contribution >= 4 is 35.0 Å². The van der Waals surface area contributed by atoms with Crippen LogP contribution in [0.1, 0.15) is 28.8 Å². The fraction of sp³-hybridized carbons (Fsp3) is 0.333. The summed E-state index contributed by atoms with van der Waals surface area (Å²) in [7, 11) is 1.81. The summed E-state index contributed by atoms with van der Waals surface area (Å²) in [4.78, 5) is 33.0. The number of nitrogens with zero attached hydrogens (tertiary/aromatic N) is 3. The summed E-state index contributed by atoms with van der Waals surface area (Å²) in [6.07, 6.45) is 3.51. The average Bonchev–Trinajstić information content (AvgIpc) is 3.38. The summed E-state index contributed by atoms with van der Waals surface area (Å²) in [6, 6.07) is 6.00. The molecule has 2 amide bonds. The number of benzene rings is 1. The molecule has 142 valence electrons. The number of primary amides is 2. The Morgan fingerprint density at radius 2 is 2.04 bits per heavy atom. The molecule has 0 atom stereocenters. The number of carbonyl (C=O) groups excluding carboxylic acids is 2. The van der Waals surface area contributed by atoms with Crippen molar-refractivity contribution in [2.75, 3.05) is 29.1 Å². The summed E-state index contributed by atoms with van der Waals surface area (Å²) >= 11 is 0. The van der Waals surface area contributed by atoms with Crippen molar-refractivity contribution in [3.63, 3.8) is 0 Å². The predicted octanol–water partition coefficient (Wildman–Crippen LogP) is 1.12. The number of aryl methyl sites for hydroxylation is 1. The van der Waals surface area contributed by atoms with E-state index in [1.165, 1.54) is 6.20 Å². The lowest BCUT2D eigenvalue weighted by Crippen LogP contribution is -2.30. The Balaban J connectivity index is 1.79. The van der Waals surface area contributed by atoms with E-state index in [1.54, 1.807) is 4.90 Å². The zero-order valence-corrected chi connectivity index (χ0v) is 15.3. The number of hydrogen-bond acceptors (Lipinski definition) is 7. The van der Waals surface area contributed by atoms with Gasteiger partial charge in [-0.1, -0.05) is 0 Å². The number of rotatable bonds is 8. The van der Waals surface area contributed by atoms with Gasteiger partial charge in [0.1, 0.15) is 5.82 Å². The first-order chi connectivity index (χ1) is 12.8. The molecule has 1 aliphatic rings. The van der Waals surface area contributed by atoms with E-state index >= 15 is 0 Å². The van der Waals surface area contributed by atoms with E-state index in [9.17, 15) is 9.59 Å². The van der Waals surface area contributed by atoms with Gasteiger partial charge in [-0.2, -0.15) is 4.98 Å². The van der Waals surface area contributed by atoms with Crippen LogP contribution in [0.3, 0.4) is 0 Å². The van der Waals surface area contributed by atoms with Crippen LogP contribution < -0.4 is 27.0 Å². The quantitative estimate of drug-likeness (QED) is 0.547. The maximum absolute atomic E-state index is 11.6. The van der Waals surface area contributed by atoms with Gasteiger partial charge in [0.15, 0.2) is 0 Å². The van der Waals surface area contributed by atoms with E-state index in [-0.39, 0.29) is 12.1 Å². The number of amides is 2. The fourth-order valence-electron chi connectivity index (χ4n) is 2.76. The first-order valence-corrected chi connectivity index (χ1v) is 8.64. The van der Waals surface area contributed by atoms with E-state index in [2.05, 4.69) is 20.6 Å². The van der Waals surface area contributed by atoms with Gasteiger partial charge < -0.3 is 27.0 Å². The number of nitrogens with one attached hydrogen (secondary N) is 2. The van der Waals surface area contributed by atoms with E-state index < -0.39 is 11.8 Å². The Bertz CT molecular complexity index is 880. The van der Waals surface area contributed by atoms with Gasteiger partial charge in [0.05, 0.1) is 12.1 Å². The molecule has 3 rings (SSSR count). The molecule has 0 spiro atoms. The minimum Gasteiger partial charge on any atom is -0.368 e. The maximum atomic E-state index is 11.6. The van der Waals surface area contributed by atoms with Crippen molar-refractivity contribution in [3.8, 4) is 0 Å². The normalized spacial score (nSPS) is 13.1. The molecule has 0 saturated heterocycles. The minimum atomic E-state index is -0.567. The summed E-state index contributed by atoms with van der Waals surface area (Å²) < 4.78 is 0. The Kier molecular flexibility index (Phi) is 5.11. The molecule has 27 heavy (non-hydrogen) atoms. The van der Waals surface area contributed by atoms with E-state index in [0.717, 1.165) is 29.8 Å². The lowest BCUT2D eigenvalue weighted by atomic mass is 10.1. The van der Waals surface area contributed by atoms with Crippen LogP contribution in [-0.2, 0) is 4.79 Å². The summed E-state index contributed by atoms with van der Waals surface area (Å²) in [5.41, 5.74) is 13.6. The van der Waals surface area contributed by atoms with Gasteiger partial charge in [0, 0.05) is 30.7 Å². The third-order valence-corrected chi connectivity index (χ3v) is 4.23. The average molecular weight is 369 g/mol. The molecule has 1 aliphatic carbocycles. The number of nitrogens with two attached hydrogens (primary N) is 2. The van der Waals surface area contributed by atoms with E-state index in [4.69, 9.17) is 11.5 Å². The molecule has 0 bridgehead atoms. The third-order valence-electron chi connectivity index (χ3n) is 4.23. The largest absolute Gasteiger partial charge is 0.368 e. The Morgan fingerprint density at radius 3 is 2.63 bits per heavy atom. The van der Waals surface area contributed by atoms with Crippen molar-refractivity contribution in [1.82, 2.24) is 9.97 Å². The second-order valence-electron chi connectivity index (χ2n) is 6.69. The van der Waals surface area contributed by atoms with Crippen LogP contribution in [-0.4, -0.2) is 41.4 Å². The zero-order chi connectivity index (χ0) is 19.6. The van der Waals surface area contributed by atoms with Crippen LogP contribution in [0.4, 0.5) is 23.1 Å². The number of anilines is 4. The molecule has 9 heteroatoms. The highest BCUT2D eigenvalue weighted by molar-refractivity contribution is 5.97. The molecule has 0 unspecified atom stereocenters. The van der Waals surface area contributed by atoms with Gasteiger partial charge in [-0.25, -0.2) is 4.98 Å². The lowest BCUT2D eigenvalue weighted by Gasteiger charge is -2.20. The maximum Gasteiger partial charge on any atom is 0.254 e.